The molecule has 0 nitrogen and oxygen atoms in total. The van der Waals surface area contributed by atoms with Crippen molar-refractivity contribution in [3.05, 3.63) is 281 Å². The molecule has 0 atom stereocenters. The summed E-state index contributed by atoms with van der Waals surface area (Å²) in [4.78, 5) is 0. The summed E-state index contributed by atoms with van der Waals surface area (Å²) in [7, 11) is 0. The van der Waals surface area contributed by atoms with Crippen LogP contribution in [0.5, 0.6) is 0 Å². The number of benzene rings is 9. The van der Waals surface area contributed by atoms with Crippen LogP contribution in [0.1, 0.15) is 70.8 Å². The zero-order chi connectivity index (χ0) is 47.1. The van der Waals surface area contributed by atoms with E-state index in [-0.39, 0.29) is 0 Å². The first kappa shape index (κ1) is 47.4. The minimum atomic E-state index is 0.932. The number of aryl methyl sites for hydroxylation is 4. The Hall–Kier alpha value is -7.54. The minimum Gasteiger partial charge on any atom is -0.0984 e. The Morgan fingerprint density at radius 2 is 1.06 bits per heavy atom. The Balaban J connectivity index is 0.000000168. The van der Waals surface area contributed by atoms with Crippen LogP contribution in [0.2, 0.25) is 0 Å². The fourth-order valence-corrected chi connectivity index (χ4v) is 8.83. The van der Waals surface area contributed by atoms with Crippen LogP contribution < -0.4 is 0 Å². The highest BCUT2D eigenvalue weighted by Crippen LogP contribution is 2.40. The molecule has 0 fully saturated rings. The number of fused-ring (bicyclic) bond motifs is 4. The van der Waals surface area contributed by atoms with Gasteiger partial charge >= 0.3 is 0 Å². The van der Waals surface area contributed by atoms with Gasteiger partial charge in [-0.25, -0.2) is 0 Å². The molecule has 1 aliphatic carbocycles. The fourth-order valence-electron chi connectivity index (χ4n) is 8.83. The van der Waals surface area contributed by atoms with E-state index in [1.165, 1.54) is 105 Å². The number of allylic oxidation sites excluding steroid dienone is 5. The summed E-state index contributed by atoms with van der Waals surface area (Å²) in [6, 6.07) is 72.6. The highest BCUT2D eigenvalue weighted by Gasteiger charge is 2.19. The van der Waals surface area contributed by atoms with Gasteiger partial charge in [-0.05, 0) is 154 Å². The summed E-state index contributed by atoms with van der Waals surface area (Å²) in [5.41, 5.74) is 23.7. The lowest BCUT2D eigenvalue weighted by Gasteiger charge is -2.16. The van der Waals surface area contributed by atoms with Gasteiger partial charge in [-0.2, -0.15) is 0 Å². The molecule has 0 spiro atoms. The summed E-state index contributed by atoms with van der Waals surface area (Å²) in [5.74, 6) is 0. The Bertz CT molecular complexity index is 3110. The molecule has 1 aliphatic rings. The third-order valence-corrected chi connectivity index (χ3v) is 12.4. The molecule has 10 rings (SSSR count). The molecule has 0 aliphatic heterocycles. The van der Waals surface area contributed by atoms with Crippen LogP contribution in [-0.4, -0.2) is 0 Å². The van der Waals surface area contributed by atoms with Crippen LogP contribution >= 0.6 is 0 Å². The van der Waals surface area contributed by atoms with Gasteiger partial charge in [0.05, 0.1) is 0 Å². The molecular weight excluding hydrogens is 805 g/mol. The monoisotopic (exact) mass is 869 g/mol. The lowest BCUT2D eigenvalue weighted by atomic mass is 9.88. The molecule has 0 aromatic heterocycles. The van der Waals surface area contributed by atoms with E-state index < -0.39 is 0 Å². The summed E-state index contributed by atoms with van der Waals surface area (Å²) in [6.45, 7) is 18.4. The van der Waals surface area contributed by atoms with E-state index in [2.05, 4.69) is 241 Å². The van der Waals surface area contributed by atoms with E-state index in [4.69, 9.17) is 0 Å². The summed E-state index contributed by atoms with van der Waals surface area (Å²) in [5, 5.41) is 2.62. The van der Waals surface area contributed by atoms with Gasteiger partial charge in [0.1, 0.15) is 0 Å². The van der Waals surface area contributed by atoms with Crippen molar-refractivity contribution in [1.29, 1.82) is 0 Å². The van der Waals surface area contributed by atoms with Gasteiger partial charge in [-0.15, -0.1) is 0 Å². The molecule has 0 radical (unpaired) electrons. The quantitative estimate of drug-likeness (QED) is 0.134. The Labute approximate surface area is 401 Å². The normalized spacial score (nSPS) is 11.3. The maximum atomic E-state index is 3.81. The molecule has 0 heterocycles. The van der Waals surface area contributed by atoms with Crippen LogP contribution in [-0.2, 0) is 12.8 Å². The molecule has 0 amide bonds. The van der Waals surface area contributed by atoms with E-state index >= 15 is 0 Å². The van der Waals surface area contributed by atoms with Gasteiger partial charge in [0.2, 0.25) is 0 Å². The molecular formula is C67H64. The molecule has 0 N–H and O–H groups in total. The zero-order valence-corrected chi connectivity index (χ0v) is 40.5. The lowest BCUT2D eigenvalue weighted by molar-refractivity contribution is 1.19. The van der Waals surface area contributed by atoms with Gasteiger partial charge in [0.25, 0.3) is 0 Å². The van der Waals surface area contributed by atoms with Crippen LogP contribution in [0.3, 0.4) is 0 Å². The van der Waals surface area contributed by atoms with Gasteiger partial charge in [0, 0.05) is 0 Å². The van der Waals surface area contributed by atoms with Gasteiger partial charge in [0.15, 0.2) is 0 Å². The van der Waals surface area contributed by atoms with E-state index in [9.17, 15) is 0 Å². The highest BCUT2D eigenvalue weighted by atomic mass is 14.2. The molecule has 9 aromatic rings. The van der Waals surface area contributed by atoms with Gasteiger partial charge in [-0.1, -0.05) is 249 Å². The van der Waals surface area contributed by atoms with Crippen LogP contribution in [0.25, 0.3) is 60.9 Å². The number of rotatable bonds is 8. The summed E-state index contributed by atoms with van der Waals surface area (Å²) >= 11 is 0. The SMILES string of the molecule is C=C/C(=C\C=C/C)c1ccc(C)cc1.CC.Cc1ccc(-c2cc(-c3ccc4c(c3)-c3ccccc3C4)ccc2Cc2ccccc2)c(C)c1.Cc1ccc(-c2cccc3ccccc23)cc1. The molecule has 0 bridgehead atoms. The average Bonchev–Trinajstić information content (AvgIpc) is 3.74. The minimum absolute atomic E-state index is 0.932. The Morgan fingerprint density at radius 3 is 1.78 bits per heavy atom. The average molecular weight is 869 g/mol. The maximum Gasteiger partial charge on any atom is -0.00134 e. The van der Waals surface area contributed by atoms with Crippen molar-refractivity contribution in [2.24, 2.45) is 0 Å². The molecule has 0 saturated heterocycles. The van der Waals surface area contributed by atoms with Crippen molar-refractivity contribution in [1.82, 2.24) is 0 Å². The Morgan fingerprint density at radius 1 is 0.478 bits per heavy atom. The highest BCUT2D eigenvalue weighted by molar-refractivity contribution is 5.96. The third-order valence-electron chi connectivity index (χ3n) is 12.4. The Kier molecular flexibility index (Phi) is 16.3. The molecule has 332 valence electrons. The van der Waals surface area contributed by atoms with Crippen molar-refractivity contribution in [3.8, 4) is 44.5 Å². The van der Waals surface area contributed by atoms with Crippen LogP contribution in [0, 0.1) is 27.7 Å². The predicted octanol–water partition coefficient (Wildman–Crippen LogP) is 18.8. The second-order valence-electron chi connectivity index (χ2n) is 17.2. The largest absolute Gasteiger partial charge is 0.0984 e. The maximum absolute atomic E-state index is 3.81. The smallest absolute Gasteiger partial charge is 0.00134 e. The second kappa shape index (κ2) is 23.1. The first-order valence-electron chi connectivity index (χ1n) is 23.8. The van der Waals surface area contributed by atoms with Gasteiger partial charge < -0.3 is 0 Å². The second-order valence-corrected chi connectivity index (χ2v) is 17.2. The first-order chi connectivity index (χ1) is 32.8. The van der Waals surface area contributed by atoms with Gasteiger partial charge in [-0.3, -0.25) is 0 Å². The third kappa shape index (κ3) is 11.8. The van der Waals surface area contributed by atoms with E-state index in [0.717, 1.165) is 18.4 Å². The molecule has 0 heteroatoms. The van der Waals surface area contributed by atoms with Crippen molar-refractivity contribution < 1.29 is 0 Å². The van der Waals surface area contributed by atoms with Crippen molar-refractivity contribution in [3.63, 3.8) is 0 Å². The topological polar surface area (TPSA) is 0 Å². The first-order valence-corrected chi connectivity index (χ1v) is 23.8. The predicted molar refractivity (Wildman–Crippen MR) is 294 cm³/mol. The molecule has 67 heavy (non-hydrogen) atoms. The van der Waals surface area contributed by atoms with E-state index in [0.29, 0.717) is 0 Å². The lowest BCUT2D eigenvalue weighted by Crippen LogP contribution is -1.95. The summed E-state index contributed by atoms with van der Waals surface area (Å²) < 4.78 is 0. The number of hydrogen-bond donors (Lipinski definition) is 0. The fraction of sp³-hybridized carbons (Fsp3) is 0.134. The van der Waals surface area contributed by atoms with Crippen molar-refractivity contribution in [2.75, 3.05) is 0 Å². The summed E-state index contributed by atoms with van der Waals surface area (Å²) in [6.07, 6.45) is 9.95. The van der Waals surface area contributed by atoms with Crippen LogP contribution in [0.4, 0.5) is 0 Å². The van der Waals surface area contributed by atoms with E-state index in [1.54, 1.807) is 0 Å². The molecule has 0 unspecified atom stereocenters. The molecule has 9 aromatic carbocycles. The number of hydrogen-bond acceptors (Lipinski definition) is 0. The van der Waals surface area contributed by atoms with Crippen molar-refractivity contribution in [2.45, 2.75) is 61.3 Å². The van der Waals surface area contributed by atoms with Crippen LogP contribution in [0.15, 0.2) is 231 Å². The zero-order valence-electron chi connectivity index (χ0n) is 40.5. The molecule has 0 saturated carbocycles. The standard InChI is InChI=1S/C34H28.C17H14.C14H16.C2H6/c1-23-12-17-31(24(2)18-23)33-21-26(13-15-29(33)19-25-8-4-3-5-9-25)27-14-16-30-20-28-10-6-7-11-32(28)34(30)22-27;1-13-9-11-15(12-10-13)17-8-4-6-14-5-2-3-7-16(14)17;1-4-6-7-13(5-2)14-10-8-12(3)9-11-14;1-2/h3-18,21-22H,19-20H2,1-2H3;2-12H,1H3;4-11H,2H2,1,3H3;1-2H3/b;;6-4-,13-7+;. The van der Waals surface area contributed by atoms with Crippen molar-refractivity contribution >= 4 is 16.3 Å². The van der Waals surface area contributed by atoms with E-state index in [1.807, 2.05) is 39.0 Å².